The highest BCUT2D eigenvalue weighted by molar-refractivity contribution is 5.73. The van der Waals surface area contributed by atoms with Crippen LogP contribution >= 0.6 is 0 Å². The van der Waals surface area contributed by atoms with Gasteiger partial charge in [0.25, 0.3) is 5.69 Å². The highest BCUT2D eigenvalue weighted by Crippen LogP contribution is 2.35. The monoisotopic (exact) mass is 282 g/mol. The number of carbonyl (C=O) groups excluding carboxylic acids is 1. The van der Waals surface area contributed by atoms with Crippen LogP contribution in [0.2, 0.25) is 0 Å². The summed E-state index contributed by atoms with van der Waals surface area (Å²) in [5, 5.41) is 13.8. The Morgan fingerprint density at radius 3 is 2.85 bits per heavy atom. The number of hydrogen-bond donors (Lipinski definition) is 1. The van der Waals surface area contributed by atoms with E-state index in [0.717, 1.165) is 6.07 Å². The maximum Gasteiger partial charge on any atom is 0.308 e. The van der Waals surface area contributed by atoms with Gasteiger partial charge in [-0.25, -0.2) is 4.39 Å². The number of anilines is 1. The average molecular weight is 282 g/mol. The van der Waals surface area contributed by atoms with Crippen molar-refractivity contribution in [1.82, 2.24) is 0 Å². The molecule has 1 aromatic carbocycles. The minimum absolute atomic E-state index is 0.0741. The highest BCUT2D eigenvalue weighted by Gasteiger charge is 2.35. The van der Waals surface area contributed by atoms with E-state index >= 15 is 0 Å². The van der Waals surface area contributed by atoms with Crippen LogP contribution in [0, 0.1) is 27.8 Å². The smallest absolute Gasteiger partial charge is 0.308 e. The largest absolute Gasteiger partial charge is 0.469 e. The van der Waals surface area contributed by atoms with E-state index in [-0.39, 0.29) is 29.2 Å². The van der Waals surface area contributed by atoms with Gasteiger partial charge in [0.1, 0.15) is 11.5 Å². The molecule has 0 aliphatic heterocycles. The van der Waals surface area contributed by atoms with Crippen LogP contribution in [-0.2, 0) is 9.53 Å². The third-order valence-electron chi connectivity index (χ3n) is 3.51. The fraction of sp³-hybridized carbons (Fsp3) is 0.462. The van der Waals surface area contributed by atoms with E-state index in [9.17, 15) is 19.3 Å². The van der Waals surface area contributed by atoms with Crippen molar-refractivity contribution >= 4 is 17.3 Å². The maximum absolute atomic E-state index is 13.0. The molecular weight excluding hydrogens is 267 g/mol. The first kappa shape index (κ1) is 14.2. The van der Waals surface area contributed by atoms with Crippen LogP contribution in [0.1, 0.15) is 12.8 Å². The van der Waals surface area contributed by atoms with E-state index in [2.05, 4.69) is 10.1 Å². The van der Waals surface area contributed by atoms with E-state index in [1.165, 1.54) is 19.2 Å². The highest BCUT2D eigenvalue weighted by atomic mass is 19.1. The zero-order chi connectivity index (χ0) is 14.7. The van der Waals surface area contributed by atoms with Gasteiger partial charge in [0.2, 0.25) is 0 Å². The van der Waals surface area contributed by atoms with Crippen molar-refractivity contribution in [3.63, 3.8) is 0 Å². The zero-order valence-corrected chi connectivity index (χ0v) is 11.0. The first-order valence-corrected chi connectivity index (χ1v) is 6.27. The molecule has 1 saturated carbocycles. The molecular formula is C13H15FN2O4. The number of nitrogens with one attached hydrogen (secondary N) is 1. The summed E-state index contributed by atoms with van der Waals surface area (Å²) in [6.07, 6.45) is 1.41. The molecule has 6 nitrogen and oxygen atoms in total. The normalized spacial score (nSPS) is 20.9. The van der Waals surface area contributed by atoms with Crippen molar-refractivity contribution in [3.8, 4) is 0 Å². The van der Waals surface area contributed by atoms with Crippen LogP contribution < -0.4 is 5.32 Å². The second kappa shape index (κ2) is 5.85. The molecule has 2 rings (SSSR count). The summed E-state index contributed by atoms with van der Waals surface area (Å²) in [5.41, 5.74) is 0.00626. The Bertz CT molecular complexity index is 529. The maximum atomic E-state index is 13.0. The molecule has 0 bridgehead atoms. The Balaban J connectivity index is 1.90. The Hall–Kier alpha value is -2.18. The third-order valence-corrected chi connectivity index (χ3v) is 3.51. The Kier molecular flexibility index (Phi) is 4.16. The van der Waals surface area contributed by atoms with E-state index in [1.54, 1.807) is 0 Å². The summed E-state index contributed by atoms with van der Waals surface area (Å²) in [5.74, 6) is -0.663. The second-order valence-corrected chi connectivity index (χ2v) is 4.86. The van der Waals surface area contributed by atoms with Gasteiger partial charge in [-0.2, -0.15) is 0 Å². The summed E-state index contributed by atoms with van der Waals surface area (Å²) in [6, 6.07) is 3.41. The molecule has 108 valence electrons. The quantitative estimate of drug-likeness (QED) is 0.509. The molecule has 0 radical (unpaired) electrons. The lowest BCUT2D eigenvalue weighted by molar-refractivity contribution is -0.384. The topological polar surface area (TPSA) is 81.5 Å². The van der Waals surface area contributed by atoms with E-state index < -0.39 is 10.7 Å². The molecule has 20 heavy (non-hydrogen) atoms. The number of nitro groups is 1. The van der Waals surface area contributed by atoms with Gasteiger partial charge in [0, 0.05) is 6.54 Å². The predicted molar refractivity (Wildman–Crippen MR) is 69.8 cm³/mol. The van der Waals surface area contributed by atoms with E-state index in [4.69, 9.17) is 0 Å². The van der Waals surface area contributed by atoms with Crippen molar-refractivity contribution in [3.05, 3.63) is 34.1 Å². The van der Waals surface area contributed by atoms with Crippen LogP contribution in [0.5, 0.6) is 0 Å². The van der Waals surface area contributed by atoms with Gasteiger partial charge in [-0.3, -0.25) is 14.9 Å². The number of benzene rings is 1. The summed E-state index contributed by atoms with van der Waals surface area (Å²) in [4.78, 5) is 21.4. The molecule has 7 heteroatoms. The number of nitro benzene ring substituents is 1. The zero-order valence-electron chi connectivity index (χ0n) is 11.0. The average Bonchev–Trinajstić information content (AvgIpc) is 2.37. The number of esters is 1. The standard InChI is InChI=1S/C13H15FN2O4/c1-20-13(17)9-4-8(5-9)7-15-11-3-2-10(14)6-12(11)16(18)19/h2-3,6,8-9,15H,4-5,7H2,1H3. The Labute approximate surface area is 115 Å². The molecule has 0 amide bonds. The van der Waals surface area contributed by atoms with Crippen molar-refractivity contribution < 1.29 is 18.8 Å². The number of methoxy groups -OCH3 is 1. The summed E-state index contributed by atoms with van der Waals surface area (Å²) < 4.78 is 17.6. The fourth-order valence-corrected chi connectivity index (χ4v) is 2.32. The molecule has 0 atom stereocenters. The van der Waals surface area contributed by atoms with Crippen molar-refractivity contribution in [2.75, 3.05) is 19.0 Å². The molecule has 1 aromatic rings. The van der Waals surface area contributed by atoms with Gasteiger partial charge in [-0.1, -0.05) is 0 Å². The molecule has 0 heterocycles. The Morgan fingerprint density at radius 2 is 2.25 bits per heavy atom. The van der Waals surface area contributed by atoms with Gasteiger partial charge < -0.3 is 10.1 Å². The van der Waals surface area contributed by atoms with Crippen molar-refractivity contribution in [2.45, 2.75) is 12.8 Å². The predicted octanol–water partition coefficient (Wildman–Crippen LogP) is 2.34. The number of rotatable bonds is 5. The second-order valence-electron chi connectivity index (χ2n) is 4.86. The number of ether oxygens (including phenoxy) is 1. The van der Waals surface area contributed by atoms with Crippen LogP contribution in [0.3, 0.4) is 0 Å². The number of hydrogen-bond acceptors (Lipinski definition) is 5. The number of carbonyl (C=O) groups is 1. The van der Waals surface area contributed by atoms with Crippen molar-refractivity contribution in [2.24, 2.45) is 11.8 Å². The first-order chi connectivity index (χ1) is 9.51. The van der Waals surface area contributed by atoms with E-state index in [1.807, 2.05) is 0 Å². The van der Waals surface area contributed by atoms with Crippen LogP contribution in [0.25, 0.3) is 0 Å². The van der Waals surface area contributed by atoms with Gasteiger partial charge >= 0.3 is 5.97 Å². The van der Waals surface area contributed by atoms with Gasteiger partial charge in [0.05, 0.1) is 24.0 Å². The van der Waals surface area contributed by atoms with Crippen LogP contribution in [0.4, 0.5) is 15.8 Å². The minimum Gasteiger partial charge on any atom is -0.469 e. The van der Waals surface area contributed by atoms with Crippen LogP contribution in [0.15, 0.2) is 18.2 Å². The first-order valence-electron chi connectivity index (χ1n) is 6.27. The van der Waals surface area contributed by atoms with Crippen LogP contribution in [-0.4, -0.2) is 24.5 Å². The third kappa shape index (κ3) is 3.04. The molecule has 1 N–H and O–H groups in total. The van der Waals surface area contributed by atoms with Gasteiger partial charge in [-0.15, -0.1) is 0 Å². The molecule has 0 spiro atoms. The molecule has 1 aliphatic carbocycles. The summed E-state index contributed by atoms with van der Waals surface area (Å²) in [7, 11) is 1.36. The summed E-state index contributed by atoms with van der Waals surface area (Å²) in [6.45, 7) is 0.514. The number of nitrogens with zero attached hydrogens (tertiary/aromatic N) is 1. The van der Waals surface area contributed by atoms with Gasteiger partial charge in [0.15, 0.2) is 0 Å². The summed E-state index contributed by atoms with van der Waals surface area (Å²) >= 11 is 0. The van der Waals surface area contributed by atoms with Gasteiger partial charge in [-0.05, 0) is 30.9 Å². The molecule has 0 unspecified atom stereocenters. The van der Waals surface area contributed by atoms with Crippen molar-refractivity contribution in [1.29, 1.82) is 0 Å². The molecule has 1 fully saturated rings. The molecule has 0 aromatic heterocycles. The number of halogens is 1. The lowest BCUT2D eigenvalue weighted by Gasteiger charge is -2.33. The lowest BCUT2D eigenvalue weighted by Crippen LogP contribution is -2.35. The SMILES string of the molecule is COC(=O)C1CC(CNc2ccc(F)cc2[N+](=O)[O-])C1. The lowest BCUT2D eigenvalue weighted by atomic mass is 9.75. The Morgan fingerprint density at radius 1 is 1.55 bits per heavy atom. The molecule has 0 saturated heterocycles. The van der Waals surface area contributed by atoms with E-state index in [0.29, 0.717) is 19.4 Å². The molecule has 1 aliphatic rings. The minimum atomic E-state index is -0.642. The fourth-order valence-electron chi connectivity index (χ4n) is 2.32.